The van der Waals surface area contributed by atoms with E-state index in [2.05, 4.69) is 36.2 Å². The van der Waals surface area contributed by atoms with Gasteiger partial charge in [-0.2, -0.15) is 0 Å². The number of nitrogens with zero attached hydrogens (tertiary/aromatic N) is 2. The predicted octanol–water partition coefficient (Wildman–Crippen LogP) is 3.75. The fraction of sp³-hybridized carbons (Fsp3) is 0.412. The van der Waals surface area contributed by atoms with Gasteiger partial charge in [0, 0.05) is 18.1 Å². The molecule has 3 rings (SSSR count). The number of hydrogen-bond acceptors (Lipinski definition) is 3. The van der Waals surface area contributed by atoms with Gasteiger partial charge in [-0.25, -0.2) is 4.98 Å². The number of carbonyl (C=O) groups excluding carboxylic acids is 1. The van der Waals surface area contributed by atoms with Gasteiger partial charge in [0.05, 0.1) is 12.5 Å². The van der Waals surface area contributed by atoms with E-state index in [1.165, 1.54) is 12.0 Å². The van der Waals surface area contributed by atoms with Crippen LogP contribution in [0.4, 0.5) is 0 Å². The average molecular weight is 300 g/mol. The molecule has 110 valence electrons. The number of aryl methyl sites for hydroxylation is 1. The lowest BCUT2D eigenvalue weighted by Gasteiger charge is -2.34. The predicted molar refractivity (Wildman–Crippen MR) is 85.3 cm³/mol. The fourth-order valence-corrected chi connectivity index (χ4v) is 3.65. The molecule has 0 N–H and O–H groups in total. The Labute approximate surface area is 129 Å². The molecular weight excluding hydrogens is 280 g/mol. The highest BCUT2D eigenvalue weighted by molar-refractivity contribution is 7.09. The summed E-state index contributed by atoms with van der Waals surface area (Å²) in [5, 5.41) is 3.07. The molecule has 1 atom stereocenters. The molecule has 1 aromatic heterocycles. The summed E-state index contributed by atoms with van der Waals surface area (Å²) in [5.41, 5.74) is 2.32. The number of piperidine rings is 1. The van der Waals surface area contributed by atoms with Crippen LogP contribution in [0.5, 0.6) is 0 Å². The molecule has 0 spiro atoms. The Bertz CT molecular complexity index is 592. The summed E-state index contributed by atoms with van der Waals surface area (Å²) < 4.78 is 0. The quantitative estimate of drug-likeness (QED) is 0.865. The van der Waals surface area contributed by atoms with Crippen molar-refractivity contribution in [2.24, 2.45) is 0 Å². The van der Waals surface area contributed by atoms with E-state index < -0.39 is 0 Å². The second-order valence-corrected chi connectivity index (χ2v) is 6.56. The van der Waals surface area contributed by atoms with Gasteiger partial charge in [0.15, 0.2) is 0 Å². The number of carbonyl (C=O) groups is 1. The van der Waals surface area contributed by atoms with Crippen LogP contribution in [0.3, 0.4) is 0 Å². The van der Waals surface area contributed by atoms with Crippen molar-refractivity contribution >= 4 is 17.2 Å². The summed E-state index contributed by atoms with van der Waals surface area (Å²) in [6.45, 7) is 2.92. The van der Waals surface area contributed by atoms with Gasteiger partial charge < -0.3 is 4.90 Å². The van der Waals surface area contributed by atoms with Crippen LogP contribution in [0.15, 0.2) is 35.8 Å². The first kappa shape index (κ1) is 14.3. The molecule has 0 saturated carbocycles. The van der Waals surface area contributed by atoms with E-state index in [-0.39, 0.29) is 11.9 Å². The number of hydrogen-bond donors (Lipinski definition) is 0. The van der Waals surface area contributed by atoms with Crippen LogP contribution in [0, 0.1) is 6.92 Å². The van der Waals surface area contributed by atoms with Crippen molar-refractivity contribution in [3.63, 3.8) is 0 Å². The van der Waals surface area contributed by atoms with Crippen molar-refractivity contribution in [2.45, 2.75) is 38.6 Å². The van der Waals surface area contributed by atoms with Crippen LogP contribution in [0.2, 0.25) is 0 Å². The summed E-state index contributed by atoms with van der Waals surface area (Å²) in [7, 11) is 0. The summed E-state index contributed by atoms with van der Waals surface area (Å²) in [6.07, 6.45) is 5.63. The largest absolute Gasteiger partial charge is 0.333 e. The molecule has 1 aliphatic rings. The summed E-state index contributed by atoms with van der Waals surface area (Å²) in [4.78, 5) is 19.1. The molecule has 1 aliphatic heterocycles. The van der Waals surface area contributed by atoms with Gasteiger partial charge in [-0.15, -0.1) is 11.3 Å². The van der Waals surface area contributed by atoms with Gasteiger partial charge in [-0.3, -0.25) is 4.79 Å². The molecule has 0 unspecified atom stereocenters. The van der Waals surface area contributed by atoms with Crippen molar-refractivity contribution in [3.05, 3.63) is 52.0 Å². The third-order valence-electron chi connectivity index (χ3n) is 4.04. The Hall–Kier alpha value is -1.68. The minimum atomic E-state index is 0.177. The molecular formula is C17H20N2OS. The maximum atomic E-state index is 12.7. The Morgan fingerprint density at radius 3 is 2.86 bits per heavy atom. The molecule has 1 amide bonds. The first-order valence-electron chi connectivity index (χ1n) is 7.48. The molecule has 1 saturated heterocycles. The standard InChI is InChI=1S/C17H20N2OS/c1-13-5-7-14(8-6-13)12-16(20)19-10-3-2-4-15(19)17-18-9-11-21-17/h5-9,11,15H,2-4,10,12H2,1H3/t15-/m0/s1. The number of rotatable bonds is 3. The van der Waals surface area contributed by atoms with E-state index in [4.69, 9.17) is 0 Å². The number of benzene rings is 1. The van der Waals surface area contributed by atoms with Gasteiger partial charge in [0.2, 0.25) is 5.91 Å². The minimum absolute atomic E-state index is 0.177. The maximum Gasteiger partial charge on any atom is 0.227 e. The third-order valence-corrected chi connectivity index (χ3v) is 4.91. The summed E-state index contributed by atoms with van der Waals surface area (Å²) in [6, 6.07) is 8.41. The Kier molecular flexibility index (Phi) is 4.34. The van der Waals surface area contributed by atoms with E-state index in [1.807, 2.05) is 16.5 Å². The average Bonchev–Trinajstić information content (AvgIpc) is 3.04. The van der Waals surface area contributed by atoms with Crippen LogP contribution in [0.1, 0.15) is 41.4 Å². The van der Waals surface area contributed by atoms with Crippen molar-refractivity contribution in [3.8, 4) is 0 Å². The van der Waals surface area contributed by atoms with E-state index >= 15 is 0 Å². The van der Waals surface area contributed by atoms with Gasteiger partial charge in [0.1, 0.15) is 5.01 Å². The molecule has 4 heteroatoms. The second-order valence-electron chi connectivity index (χ2n) is 5.63. The van der Waals surface area contributed by atoms with Crippen molar-refractivity contribution in [1.82, 2.24) is 9.88 Å². The Morgan fingerprint density at radius 2 is 2.14 bits per heavy atom. The van der Waals surface area contributed by atoms with Crippen LogP contribution >= 0.6 is 11.3 Å². The molecule has 1 fully saturated rings. The first-order chi connectivity index (χ1) is 10.2. The fourth-order valence-electron chi connectivity index (χ4n) is 2.87. The van der Waals surface area contributed by atoms with Gasteiger partial charge in [-0.05, 0) is 31.7 Å². The minimum Gasteiger partial charge on any atom is -0.333 e. The van der Waals surface area contributed by atoms with Crippen molar-refractivity contribution < 1.29 is 4.79 Å². The highest BCUT2D eigenvalue weighted by Crippen LogP contribution is 2.32. The van der Waals surface area contributed by atoms with Gasteiger partial charge in [-0.1, -0.05) is 29.8 Å². The van der Waals surface area contributed by atoms with Gasteiger partial charge >= 0.3 is 0 Å². The number of thiazole rings is 1. The third kappa shape index (κ3) is 3.32. The normalized spacial score (nSPS) is 18.7. The molecule has 2 aromatic rings. The number of aromatic nitrogens is 1. The molecule has 0 aliphatic carbocycles. The topological polar surface area (TPSA) is 33.2 Å². The smallest absolute Gasteiger partial charge is 0.227 e. The second kappa shape index (κ2) is 6.39. The highest BCUT2D eigenvalue weighted by atomic mass is 32.1. The maximum absolute atomic E-state index is 12.7. The van der Waals surface area contributed by atoms with Crippen LogP contribution in [-0.2, 0) is 11.2 Å². The van der Waals surface area contributed by atoms with Crippen LogP contribution in [-0.4, -0.2) is 22.3 Å². The van der Waals surface area contributed by atoms with Gasteiger partial charge in [0.25, 0.3) is 0 Å². The molecule has 0 radical (unpaired) electrons. The van der Waals surface area contributed by atoms with E-state index in [9.17, 15) is 4.79 Å². The molecule has 0 bridgehead atoms. The van der Waals surface area contributed by atoms with Crippen molar-refractivity contribution in [1.29, 1.82) is 0 Å². The highest BCUT2D eigenvalue weighted by Gasteiger charge is 2.29. The zero-order chi connectivity index (χ0) is 14.7. The van der Waals surface area contributed by atoms with E-state index in [0.29, 0.717) is 6.42 Å². The molecule has 21 heavy (non-hydrogen) atoms. The summed E-state index contributed by atoms with van der Waals surface area (Å²) >= 11 is 1.65. The van der Waals surface area contributed by atoms with E-state index in [1.54, 1.807) is 11.3 Å². The van der Waals surface area contributed by atoms with E-state index in [0.717, 1.165) is 30.0 Å². The Balaban J connectivity index is 1.73. The monoisotopic (exact) mass is 300 g/mol. The number of likely N-dealkylation sites (tertiary alicyclic amines) is 1. The summed E-state index contributed by atoms with van der Waals surface area (Å²) in [5.74, 6) is 0.221. The zero-order valence-corrected chi connectivity index (χ0v) is 13.1. The molecule has 3 nitrogen and oxygen atoms in total. The first-order valence-corrected chi connectivity index (χ1v) is 8.36. The SMILES string of the molecule is Cc1ccc(CC(=O)N2CCCC[C@H]2c2nccs2)cc1. The van der Waals surface area contributed by atoms with Crippen LogP contribution < -0.4 is 0 Å². The van der Waals surface area contributed by atoms with Crippen molar-refractivity contribution in [2.75, 3.05) is 6.54 Å². The zero-order valence-electron chi connectivity index (χ0n) is 12.3. The Morgan fingerprint density at radius 1 is 1.33 bits per heavy atom. The number of amides is 1. The lowest BCUT2D eigenvalue weighted by molar-refractivity contribution is -0.134. The molecule has 2 heterocycles. The molecule has 1 aromatic carbocycles. The lowest BCUT2D eigenvalue weighted by Crippen LogP contribution is -2.39. The lowest BCUT2D eigenvalue weighted by atomic mass is 10.0. The van der Waals surface area contributed by atoms with Crippen LogP contribution in [0.25, 0.3) is 0 Å².